The first-order valence-corrected chi connectivity index (χ1v) is 9.39. The molecule has 2 aromatic carbocycles. The summed E-state index contributed by atoms with van der Waals surface area (Å²) in [5, 5.41) is 0. The Morgan fingerprint density at radius 1 is 1.12 bits per heavy atom. The molecule has 6 heteroatoms. The van der Waals surface area contributed by atoms with E-state index in [-0.39, 0.29) is 16.8 Å². The molecule has 0 saturated heterocycles. The van der Waals surface area contributed by atoms with E-state index < -0.39 is 10.0 Å². The van der Waals surface area contributed by atoms with Crippen LogP contribution in [0.2, 0.25) is 0 Å². The highest BCUT2D eigenvalue weighted by atomic mass is 32.2. The number of hydrogen-bond acceptors (Lipinski definition) is 3. The molecular formula is C18H20N2O3S. The zero-order chi connectivity index (χ0) is 17.3. The summed E-state index contributed by atoms with van der Waals surface area (Å²) < 4.78 is 27.2. The van der Waals surface area contributed by atoms with E-state index in [1.807, 2.05) is 18.2 Å². The standard InChI is InChI=1S/C18H20N2O3S/c1-13(2)19-24(22,23)16-8-9-17-15(12-16)10-11-20(17)18(21)14-6-4-3-5-7-14/h3-9,12-13,19H,10-11H2,1-2H3. The van der Waals surface area contributed by atoms with E-state index in [0.717, 1.165) is 11.3 Å². The van der Waals surface area contributed by atoms with Gasteiger partial charge in [0, 0.05) is 23.8 Å². The molecule has 24 heavy (non-hydrogen) atoms. The van der Waals surface area contributed by atoms with Crippen LogP contribution in [0, 0.1) is 0 Å². The van der Waals surface area contributed by atoms with Crippen molar-refractivity contribution in [1.29, 1.82) is 0 Å². The summed E-state index contributed by atoms with van der Waals surface area (Å²) >= 11 is 0. The van der Waals surface area contributed by atoms with Gasteiger partial charge in [0.05, 0.1) is 4.90 Å². The van der Waals surface area contributed by atoms with Crippen molar-refractivity contribution >= 4 is 21.6 Å². The average Bonchev–Trinajstić information content (AvgIpc) is 2.97. The molecule has 1 N–H and O–H groups in total. The lowest BCUT2D eigenvalue weighted by atomic mass is 10.1. The van der Waals surface area contributed by atoms with E-state index in [9.17, 15) is 13.2 Å². The van der Waals surface area contributed by atoms with Gasteiger partial charge in [-0.15, -0.1) is 0 Å². The lowest BCUT2D eigenvalue weighted by Gasteiger charge is -2.18. The number of fused-ring (bicyclic) bond motifs is 1. The number of nitrogens with zero attached hydrogens (tertiary/aromatic N) is 1. The minimum absolute atomic E-state index is 0.0646. The highest BCUT2D eigenvalue weighted by Crippen LogP contribution is 2.31. The van der Waals surface area contributed by atoms with Crippen LogP contribution in [0.3, 0.4) is 0 Å². The molecule has 0 aromatic heterocycles. The molecule has 1 heterocycles. The maximum absolute atomic E-state index is 12.6. The lowest BCUT2D eigenvalue weighted by molar-refractivity contribution is 0.0989. The Labute approximate surface area is 142 Å². The van der Waals surface area contributed by atoms with E-state index >= 15 is 0 Å². The summed E-state index contributed by atoms with van der Waals surface area (Å²) in [6.07, 6.45) is 0.652. The van der Waals surface area contributed by atoms with Gasteiger partial charge in [-0.1, -0.05) is 18.2 Å². The van der Waals surface area contributed by atoms with Crippen LogP contribution in [0.1, 0.15) is 29.8 Å². The van der Waals surface area contributed by atoms with Crippen LogP contribution in [-0.2, 0) is 16.4 Å². The van der Waals surface area contributed by atoms with Gasteiger partial charge in [-0.05, 0) is 56.2 Å². The maximum atomic E-state index is 12.6. The minimum Gasteiger partial charge on any atom is -0.308 e. The SMILES string of the molecule is CC(C)NS(=O)(=O)c1ccc2c(c1)CCN2C(=O)c1ccccc1. The summed E-state index contributed by atoms with van der Waals surface area (Å²) in [4.78, 5) is 14.6. The molecule has 0 unspecified atom stereocenters. The number of carbonyl (C=O) groups excluding carboxylic acids is 1. The first kappa shape index (κ1) is 16.7. The summed E-state index contributed by atoms with van der Waals surface area (Å²) in [7, 11) is -3.52. The summed E-state index contributed by atoms with van der Waals surface area (Å²) in [5.74, 6) is -0.0646. The predicted molar refractivity (Wildman–Crippen MR) is 93.7 cm³/mol. The molecule has 5 nitrogen and oxygen atoms in total. The van der Waals surface area contributed by atoms with Crippen LogP contribution in [0.4, 0.5) is 5.69 Å². The highest BCUT2D eigenvalue weighted by Gasteiger charge is 2.27. The number of rotatable bonds is 4. The fraction of sp³-hybridized carbons (Fsp3) is 0.278. The maximum Gasteiger partial charge on any atom is 0.258 e. The quantitative estimate of drug-likeness (QED) is 0.927. The number of nitrogens with one attached hydrogen (secondary N) is 1. The van der Waals surface area contributed by atoms with E-state index in [1.165, 1.54) is 0 Å². The van der Waals surface area contributed by atoms with Gasteiger partial charge in [-0.3, -0.25) is 4.79 Å². The van der Waals surface area contributed by atoms with Gasteiger partial charge in [-0.2, -0.15) is 0 Å². The van der Waals surface area contributed by atoms with Crippen LogP contribution < -0.4 is 9.62 Å². The molecule has 0 aliphatic carbocycles. The third-order valence-electron chi connectivity index (χ3n) is 3.91. The molecule has 1 amide bonds. The molecule has 0 bridgehead atoms. The van der Waals surface area contributed by atoms with Crippen molar-refractivity contribution < 1.29 is 13.2 Å². The second-order valence-electron chi connectivity index (χ2n) is 6.14. The lowest BCUT2D eigenvalue weighted by Crippen LogP contribution is -2.30. The van der Waals surface area contributed by atoms with E-state index in [1.54, 1.807) is 49.1 Å². The Morgan fingerprint density at radius 3 is 2.50 bits per heavy atom. The molecule has 3 rings (SSSR count). The Hall–Kier alpha value is -2.18. The third kappa shape index (κ3) is 3.20. The van der Waals surface area contributed by atoms with Crippen LogP contribution in [0.5, 0.6) is 0 Å². The van der Waals surface area contributed by atoms with Crippen LogP contribution in [-0.4, -0.2) is 26.9 Å². The van der Waals surface area contributed by atoms with Crippen molar-refractivity contribution in [1.82, 2.24) is 4.72 Å². The number of anilines is 1. The molecule has 0 saturated carbocycles. The summed E-state index contributed by atoms with van der Waals surface area (Å²) in [6, 6.07) is 13.9. The van der Waals surface area contributed by atoms with Gasteiger partial charge in [0.15, 0.2) is 0 Å². The number of hydrogen-bond donors (Lipinski definition) is 1. The van der Waals surface area contributed by atoms with Crippen molar-refractivity contribution in [3.8, 4) is 0 Å². The molecule has 0 spiro atoms. The minimum atomic E-state index is -3.52. The Balaban J connectivity index is 1.90. The molecule has 2 aromatic rings. The summed E-state index contributed by atoms with van der Waals surface area (Å²) in [5.41, 5.74) is 2.29. The molecule has 0 radical (unpaired) electrons. The van der Waals surface area contributed by atoms with Crippen molar-refractivity contribution in [2.24, 2.45) is 0 Å². The van der Waals surface area contributed by atoms with Crippen LogP contribution in [0.25, 0.3) is 0 Å². The fourth-order valence-corrected chi connectivity index (χ4v) is 4.17. The third-order valence-corrected chi connectivity index (χ3v) is 5.57. The van der Waals surface area contributed by atoms with Crippen LogP contribution in [0.15, 0.2) is 53.4 Å². The van der Waals surface area contributed by atoms with E-state index in [4.69, 9.17) is 0 Å². The second kappa shape index (κ2) is 6.37. The van der Waals surface area contributed by atoms with Gasteiger partial charge in [0.25, 0.3) is 5.91 Å². The zero-order valence-electron chi connectivity index (χ0n) is 13.7. The molecule has 0 atom stereocenters. The van der Waals surface area contributed by atoms with Gasteiger partial charge in [0.1, 0.15) is 0 Å². The van der Waals surface area contributed by atoms with Gasteiger partial charge in [0.2, 0.25) is 10.0 Å². The summed E-state index contributed by atoms with van der Waals surface area (Å²) in [6.45, 7) is 4.13. The molecule has 1 aliphatic heterocycles. The van der Waals surface area contributed by atoms with E-state index in [2.05, 4.69) is 4.72 Å². The predicted octanol–water partition coefficient (Wildman–Crippen LogP) is 2.58. The largest absolute Gasteiger partial charge is 0.308 e. The molecule has 0 fully saturated rings. The Kier molecular flexibility index (Phi) is 4.43. The smallest absolute Gasteiger partial charge is 0.258 e. The van der Waals surface area contributed by atoms with Gasteiger partial charge < -0.3 is 4.90 Å². The number of benzene rings is 2. The number of sulfonamides is 1. The van der Waals surface area contributed by atoms with Crippen molar-refractivity contribution in [3.05, 3.63) is 59.7 Å². The van der Waals surface area contributed by atoms with Crippen molar-refractivity contribution in [3.63, 3.8) is 0 Å². The Bertz CT molecular complexity index is 861. The fourth-order valence-electron chi connectivity index (χ4n) is 2.87. The van der Waals surface area contributed by atoms with Gasteiger partial charge in [-0.25, -0.2) is 13.1 Å². The van der Waals surface area contributed by atoms with Gasteiger partial charge >= 0.3 is 0 Å². The second-order valence-corrected chi connectivity index (χ2v) is 7.85. The highest BCUT2D eigenvalue weighted by molar-refractivity contribution is 7.89. The van der Waals surface area contributed by atoms with Crippen LogP contribution >= 0.6 is 0 Å². The normalized spacial score (nSPS) is 14.0. The monoisotopic (exact) mass is 344 g/mol. The molecule has 126 valence electrons. The van der Waals surface area contributed by atoms with E-state index in [0.29, 0.717) is 18.5 Å². The van der Waals surface area contributed by atoms with Crippen molar-refractivity contribution in [2.75, 3.05) is 11.4 Å². The average molecular weight is 344 g/mol. The molecule has 1 aliphatic rings. The first-order valence-electron chi connectivity index (χ1n) is 7.90. The topological polar surface area (TPSA) is 66.5 Å². The van der Waals surface area contributed by atoms with Crippen molar-refractivity contribution in [2.45, 2.75) is 31.2 Å². The zero-order valence-corrected chi connectivity index (χ0v) is 14.5. The number of amides is 1. The first-order chi connectivity index (χ1) is 11.4. The number of carbonyl (C=O) groups is 1. The Morgan fingerprint density at radius 2 is 1.83 bits per heavy atom. The molecular weight excluding hydrogens is 324 g/mol.